The van der Waals surface area contributed by atoms with E-state index < -0.39 is 17.6 Å². The van der Waals surface area contributed by atoms with Gasteiger partial charge >= 0.3 is 0 Å². The Morgan fingerprint density at radius 2 is 2.00 bits per heavy atom. The summed E-state index contributed by atoms with van der Waals surface area (Å²) in [6, 6.07) is 9.06. The van der Waals surface area contributed by atoms with Gasteiger partial charge in [-0.2, -0.15) is 0 Å². The molecule has 0 aliphatic heterocycles. The van der Waals surface area contributed by atoms with Crippen molar-refractivity contribution < 1.29 is 14.0 Å². The highest BCUT2D eigenvalue weighted by atomic mass is 19.1. The molecular formula is C16H13FN4O2. The molecule has 2 amide bonds. The molecule has 0 aliphatic carbocycles. The van der Waals surface area contributed by atoms with Crippen LogP contribution in [0.5, 0.6) is 0 Å². The molecule has 0 bridgehead atoms. The van der Waals surface area contributed by atoms with Gasteiger partial charge in [0.1, 0.15) is 17.2 Å². The molecule has 2 aromatic heterocycles. The molecule has 0 saturated carbocycles. The van der Waals surface area contributed by atoms with Crippen LogP contribution in [0.4, 0.5) is 10.1 Å². The quantitative estimate of drug-likeness (QED) is 0.693. The van der Waals surface area contributed by atoms with Gasteiger partial charge in [0.05, 0.1) is 5.69 Å². The summed E-state index contributed by atoms with van der Waals surface area (Å²) < 4.78 is 14.0. The minimum atomic E-state index is -0.686. The predicted molar refractivity (Wildman–Crippen MR) is 83.8 cm³/mol. The van der Waals surface area contributed by atoms with Gasteiger partial charge in [-0.3, -0.25) is 9.59 Å². The molecule has 0 unspecified atom stereocenters. The molecule has 0 radical (unpaired) electrons. The van der Waals surface area contributed by atoms with Crippen LogP contribution >= 0.6 is 0 Å². The van der Waals surface area contributed by atoms with Crippen LogP contribution in [-0.2, 0) is 0 Å². The normalized spacial score (nSPS) is 10.5. The summed E-state index contributed by atoms with van der Waals surface area (Å²) in [6.45, 7) is 0. The first kappa shape index (κ1) is 14.7. The molecule has 1 aromatic carbocycles. The standard InChI is InChI=1S/C16H13FN4O2/c1-18-15(22)10-4-5-12(11(17)7-10)21-16(23)13-8-9-3-2-6-19-14(9)20-13/h2-8H,1H3,(H,18,22)(H,19,20)(H,21,23). The van der Waals surface area contributed by atoms with Gasteiger partial charge < -0.3 is 15.6 Å². The highest BCUT2D eigenvalue weighted by molar-refractivity contribution is 6.05. The number of aromatic nitrogens is 2. The third-order valence-corrected chi connectivity index (χ3v) is 3.34. The highest BCUT2D eigenvalue weighted by Gasteiger charge is 2.14. The van der Waals surface area contributed by atoms with Gasteiger partial charge in [-0.15, -0.1) is 0 Å². The van der Waals surface area contributed by atoms with Crippen molar-refractivity contribution in [3.8, 4) is 0 Å². The van der Waals surface area contributed by atoms with Crippen LogP contribution in [0.25, 0.3) is 11.0 Å². The lowest BCUT2D eigenvalue weighted by molar-refractivity contribution is 0.0962. The summed E-state index contributed by atoms with van der Waals surface area (Å²) in [5.41, 5.74) is 1.02. The lowest BCUT2D eigenvalue weighted by Crippen LogP contribution is -2.18. The van der Waals surface area contributed by atoms with Gasteiger partial charge in [-0.25, -0.2) is 9.37 Å². The van der Waals surface area contributed by atoms with Crippen molar-refractivity contribution in [2.75, 3.05) is 12.4 Å². The first-order chi connectivity index (χ1) is 11.1. The monoisotopic (exact) mass is 312 g/mol. The van der Waals surface area contributed by atoms with E-state index in [2.05, 4.69) is 20.6 Å². The Morgan fingerprint density at radius 3 is 2.70 bits per heavy atom. The molecule has 0 atom stereocenters. The van der Waals surface area contributed by atoms with Gasteiger partial charge in [-0.05, 0) is 36.4 Å². The maximum Gasteiger partial charge on any atom is 0.272 e. The zero-order valence-corrected chi connectivity index (χ0v) is 12.2. The number of amides is 2. The zero-order chi connectivity index (χ0) is 16.4. The maximum absolute atomic E-state index is 14.0. The number of carbonyl (C=O) groups excluding carboxylic acids is 2. The van der Waals surface area contributed by atoms with Crippen molar-refractivity contribution in [3.05, 3.63) is 59.7 Å². The summed E-state index contributed by atoms with van der Waals surface area (Å²) in [6.07, 6.45) is 1.61. The Morgan fingerprint density at radius 1 is 1.17 bits per heavy atom. The van der Waals surface area contributed by atoms with Crippen LogP contribution in [0.1, 0.15) is 20.8 Å². The van der Waals surface area contributed by atoms with Gasteiger partial charge in [0, 0.05) is 24.2 Å². The van der Waals surface area contributed by atoms with Crippen molar-refractivity contribution >= 4 is 28.5 Å². The number of carbonyl (C=O) groups is 2. The smallest absolute Gasteiger partial charge is 0.272 e. The summed E-state index contributed by atoms with van der Waals surface area (Å²) in [5, 5.41) is 5.66. The van der Waals surface area contributed by atoms with Crippen molar-refractivity contribution in [2.45, 2.75) is 0 Å². The molecule has 0 spiro atoms. The third kappa shape index (κ3) is 2.89. The van der Waals surface area contributed by atoms with E-state index >= 15 is 0 Å². The number of aromatic amines is 1. The average Bonchev–Trinajstić information content (AvgIpc) is 3.00. The van der Waals surface area contributed by atoms with E-state index in [9.17, 15) is 14.0 Å². The minimum absolute atomic E-state index is 0.00531. The Bertz CT molecular complexity index is 871. The Kier molecular flexibility index (Phi) is 3.76. The third-order valence-electron chi connectivity index (χ3n) is 3.34. The molecule has 0 saturated heterocycles. The molecule has 2 heterocycles. The molecular weight excluding hydrogens is 299 g/mol. The van der Waals surface area contributed by atoms with E-state index in [-0.39, 0.29) is 16.9 Å². The highest BCUT2D eigenvalue weighted by Crippen LogP contribution is 2.18. The molecule has 3 N–H and O–H groups in total. The van der Waals surface area contributed by atoms with Crippen molar-refractivity contribution in [3.63, 3.8) is 0 Å². The van der Waals surface area contributed by atoms with E-state index in [4.69, 9.17) is 0 Å². The van der Waals surface area contributed by atoms with Crippen LogP contribution in [0.15, 0.2) is 42.6 Å². The fourth-order valence-electron chi connectivity index (χ4n) is 2.17. The largest absolute Gasteiger partial charge is 0.355 e. The van der Waals surface area contributed by atoms with E-state index in [1.807, 2.05) is 6.07 Å². The van der Waals surface area contributed by atoms with Gasteiger partial charge in [0.15, 0.2) is 0 Å². The van der Waals surface area contributed by atoms with E-state index in [1.165, 1.54) is 19.2 Å². The van der Waals surface area contributed by atoms with Gasteiger partial charge in [-0.1, -0.05) is 0 Å². The van der Waals surface area contributed by atoms with Gasteiger partial charge in [0.25, 0.3) is 11.8 Å². The number of anilines is 1. The molecule has 23 heavy (non-hydrogen) atoms. The van der Waals surface area contributed by atoms with Crippen molar-refractivity contribution in [2.24, 2.45) is 0 Å². The second kappa shape index (κ2) is 5.88. The number of nitrogens with one attached hydrogen (secondary N) is 3. The molecule has 7 heteroatoms. The lowest BCUT2D eigenvalue weighted by atomic mass is 10.2. The van der Waals surface area contributed by atoms with Crippen LogP contribution in [-0.4, -0.2) is 28.8 Å². The summed E-state index contributed by atoms with van der Waals surface area (Å²) >= 11 is 0. The van der Waals surface area contributed by atoms with Crippen molar-refractivity contribution in [1.82, 2.24) is 15.3 Å². The molecule has 116 valence electrons. The first-order valence-electron chi connectivity index (χ1n) is 6.85. The van der Waals surface area contributed by atoms with Crippen LogP contribution in [0.3, 0.4) is 0 Å². The molecule has 3 aromatic rings. The molecule has 0 fully saturated rings. The number of nitrogens with zero attached hydrogens (tertiary/aromatic N) is 1. The Balaban J connectivity index is 1.83. The Labute approximate surface area is 130 Å². The average molecular weight is 312 g/mol. The fraction of sp³-hybridized carbons (Fsp3) is 0.0625. The molecule has 3 rings (SSSR count). The topological polar surface area (TPSA) is 86.9 Å². The van der Waals surface area contributed by atoms with Crippen molar-refractivity contribution in [1.29, 1.82) is 0 Å². The van der Waals surface area contributed by atoms with E-state index in [0.29, 0.717) is 5.65 Å². The zero-order valence-electron chi connectivity index (χ0n) is 12.2. The Hall–Kier alpha value is -3.22. The minimum Gasteiger partial charge on any atom is -0.355 e. The number of hydrogen-bond acceptors (Lipinski definition) is 3. The first-order valence-corrected chi connectivity index (χ1v) is 6.85. The summed E-state index contributed by atoms with van der Waals surface area (Å²) in [5.74, 6) is -1.58. The lowest BCUT2D eigenvalue weighted by Gasteiger charge is -2.07. The van der Waals surface area contributed by atoms with Crippen LogP contribution in [0.2, 0.25) is 0 Å². The van der Waals surface area contributed by atoms with Crippen LogP contribution < -0.4 is 10.6 Å². The van der Waals surface area contributed by atoms with E-state index in [1.54, 1.807) is 18.3 Å². The number of hydrogen-bond donors (Lipinski definition) is 3. The van der Waals surface area contributed by atoms with E-state index in [0.717, 1.165) is 11.5 Å². The number of pyridine rings is 1. The number of H-pyrrole nitrogens is 1. The maximum atomic E-state index is 14.0. The van der Waals surface area contributed by atoms with Crippen LogP contribution in [0, 0.1) is 5.82 Å². The summed E-state index contributed by atoms with van der Waals surface area (Å²) in [7, 11) is 1.46. The second-order valence-corrected chi connectivity index (χ2v) is 4.85. The summed E-state index contributed by atoms with van der Waals surface area (Å²) in [4.78, 5) is 30.6. The van der Waals surface area contributed by atoms with Gasteiger partial charge in [0.2, 0.25) is 0 Å². The fourth-order valence-corrected chi connectivity index (χ4v) is 2.17. The molecule has 0 aliphatic rings. The predicted octanol–water partition coefficient (Wildman–Crippen LogP) is 2.31. The SMILES string of the molecule is CNC(=O)c1ccc(NC(=O)c2cc3cccnc3[nH]2)c(F)c1. The molecule has 6 nitrogen and oxygen atoms in total. The number of fused-ring (bicyclic) bond motifs is 1. The number of rotatable bonds is 3. The number of halogens is 1. The number of benzene rings is 1. The second-order valence-electron chi connectivity index (χ2n) is 4.85.